The number of benzene rings is 1. The molecular formula is C15H15ClFN3OS. The molecule has 1 N–H and O–H groups in total. The molecule has 1 aromatic heterocycles. The Balaban J connectivity index is 2.00. The number of carbonyl (C=O) groups excluding carboxylic acids is 1. The van der Waals surface area contributed by atoms with Gasteiger partial charge in [-0.05, 0) is 44.5 Å². The second-order valence-electron chi connectivity index (χ2n) is 4.76. The van der Waals surface area contributed by atoms with E-state index in [-0.39, 0.29) is 17.3 Å². The molecule has 2 rings (SSSR count). The fraction of sp³-hybridized carbons (Fsp3) is 0.267. The molecule has 0 saturated heterocycles. The van der Waals surface area contributed by atoms with E-state index in [1.165, 1.54) is 30.0 Å². The Labute approximate surface area is 137 Å². The number of carbonyl (C=O) groups is 1. The minimum atomic E-state index is -0.527. The second kappa shape index (κ2) is 7.07. The molecule has 0 bridgehead atoms. The van der Waals surface area contributed by atoms with Gasteiger partial charge in [-0.1, -0.05) is 23.4 Å². The lowest BCUT2D eigenvalue weighted by atomic mass is 10.2. The average Bonchev–Trinajstić information content (AvgIpc) is 2.46. The van der Waals surface area contributed by atoms with Crippen molar-refractivity contribution >= 4 is 35.0 Å². The molecule has 0 unspecified atom stereocenters. The van der Waals surface area contributed by atoms with Gasteiger partial charge >= 0.3 is 0 Å². The number of hydrogen-bond donors (Lipinski definition) is 1. The Morgan fingerprint density at radius 1 is 1.27 bits per heavy atom. The number of nitrogens with one attached hydrogen (secondary N) is 1. The van der Waals surface area contributed by atoms with Crippen LogP contribution in [0, 0.1) is 26.6 Å². The molecule has 1 aromatic carbocycles. The van der Waals surface area contributed by atoms with Crippen LogP contribution >= 0.6 is 23.4 Å². The molecule has 4 nitrogen and oxygen atoms in total. The summed E-state index contributed by atoms with van der Waals surface area (Å²) in [4.78, 5) is 20.5. The maximum Gasteiger partial charge on any atom is 0.234 e. The molecule has 2 aromatic rings. The zero-order valence-electron chi connectivity index (χ0n) is 12.4. The number of amides is 1. The van der Waals surface area contributed by atoms with Crippen molar-refractivity contribution in [2.75, 3.05) is 11.1 Å². The van der Waals surface area contributed by atoms with E-state index in [1.54, 1.807) is 0 Å². The molecule has 0 saturated carbocycles. The molecular weight excluding hydrogens is 325 g/mol. The van der Waals surface area contributed by atoms with Crippen LogP contribution in [0.4, 0.5) is 10.1 Å². The van der Waals surface area contributed by atoms with E-state index in [9.17, 15) is 9.18 Å². The highest BCUT2D eigenvalue weighted by atomic mass is 35.5. The maximum absolute atomic E-state index is 13.5. The smallest absolute Gasteiger partial charge is 0.234 e. The quantitative estimate of drug-likeness (QED) is 0.677. The van der Waals surface area contributed by atoms with Gasteiger partial charge in [0.05, 0.1) is 11.4 Å². The van der Waals surface area contributed by atoms with Crippen LogP contribution in [-0.4, -0.2) is 21.6 Å². The van der Waals surface area contributed by atoms with E-state index in [4.69, 9.17) is 11.6 Å². The number of hydrogen-bond acceptors (Lipinski definition) is 4. The summed E-state index contributed by atoms with van der Waals surface area (Å²) < 4.78 is 13.5. The third-order valence-electron chi connectivity index (χ3n) is 3.15. The first-order chi connectivity index (χ1) is 10.4. The molecule has 1 amide bonds. The summed E-state index contributed by atoms with van der Waals surface area (Å²) in [7, 11) is 0. The molecule has 1 heterocycles. The molecule has 0 aliphatic heterocycles. The lowest BCUT2D eigenvalue weighted by Crippen LogP contribution is -2.15. The summed E-state index contributed by atoms with van der Waals surface area (Å²) in [5, 5.41) is 3.38. The first-order valence-corrected chi connectivity index (χ1v) is 7.92. The first-order valence-electron chi connectivity index (χ1n) is 6.56. The van der Waals surface area contributed by atoms with Crippen molar-refractivity contribution in [3.05, 3.63) is 46.0 Å². The fourth-order valence-electron chi connectivity index (χ4n) is 1.72. The van der Waals surface area contributed by atoms with E-state index >= 15 is 0 Å². The predicted molar refractivity (Wildman–Crippen MR) is 87.0 cm³/mol. The molecule has 22 heavy (non-hydrogen) atoms. The highest BCUT2D eigenvalue weighted by molar-refractivity contribution is 7.99. The van der Waals surface area contributed by atoms with Gasteiger partial charge in [0, 0.05) is 16.4 Å². The molecule has 0 aliphatic rings. The number of aryl methyl sites for hydroxylation is 2. The summed E-state index contributed by atoms with van der Waals surface area (Å²) in [5.41, 5.74) is 2.87. The summed E-state index contributed by atoms with van der Waals surface area (Å²) in [6.07, 6.45) is 0. The van der Waals surface area contributed by atoms with Crippen LogP contribution in [0.5, 0.6) is 0 Å². The van der Waals surface area contributed by atoms with Gasteiger partial charge in [0.15, 0.2) is 5.16 Å². The standard InChI is InChI=1S/C15H15ClFN3OS/c1-8-9(2)18-15(19-10(8)3)22-7-14(21)20-13-6-11(16)4-5-12(13)17/h4-6H,7H2,1-3H3,(H,20,21). The topological polar surface area (TPSA) is 54.9 Å². The number of aromatic nitrogens is 2. The Morgan fingerprint density at radius 3 is 2.55 bits per heavy atom. The van der Waals surface area contributed by atoms with Crippen LogP contribution in [0.1, 0.15) is 17.0 Å². The van der Waals surface area contributed by atoms with Gasteiger partial charge in [-0.25, -0.2) is 14.4 Å². The van der Waals surface area contributed by atoms with Gasteiger partial charge in [0.2, 0.25) is 5.91 Å². The van der Waals surface area contributed by atoms with Crippen LogP contribution in [0.2, 0.25) is 5.02 Å². The van der Waals surface area contributed by atoms with E-state index in [2.05, 4.69) is 15.3 Å². The van der Waals surface area contributed by atoms with Crippen molar-refractivity contribution in [2.24, 2.45) is 0 Å². The number of anilines is 1. The monoisotopic (exact) mass is 339 g/mol. The van der Waals surface area contributed by atoms with Gasteiger partial charge < -0.3 is 5.32 Å². The molecule has 0 spiro atoms. The van der Waals surface area contributed by atoms with Gasteiger partial charge in [-0.3, -0.25) is 4.79 Å². The van der Waals surface area contributed by atoms with Crippen molar-refractivity contribution in [3.8, 4) is 0 Å². The molecule has 116 valence electrons. The van der Waals surface area contributed by atoms with Crippen molar-refractivity contribution in [1.82, 2.24) is 9.97 Å². The Hall–Kier alpha value is -1.66. The van der Waals surface area contributed by atoms with Crippen LogP contribution < -0.4 is 5.32 Å². The zero-order valence-corrected chi connectivity index (χ0v) is 14.0. The van der Waals surface area contributed by atoms with E-state index in [0.29, 0.717) is 10.2 Å². The van der Waals surface area contributed by atoms with Gasteiger partial charge in [0.1, 0.15) is 5.82 Å². The van der Waals surface area contributed by atoms with Crippen molar-refractivity contribution < 1.29 is 9.18 Å². The van der Waals surface area contributed by atoms with Crippen LogP contribution in [0.25, 0.3) is 0 Å². The number of rotatable bonds is 4. The fourth-order valence-corrected chi connectivity index (χ4v) is 2.62. The summed E-state index contributed by atoms with van der Waals surface area (Å²) in [6, 6.07) is 4.00. The second-order valence-corrected chi connectivity index (χ2v) is 6.14. The summed E-state index contributed by atoms with van der Waals surface area (Å²) in [6.45, 7) is 5.75. The summed E-state index contributed by atoms with van der Waals surface area (Å²) >= 11 is 6.98. The van der Waals surface area contributed by atoms with Crippen molar-refractivity contribution in [1.29, 1.82) is 0 Å². The Bertz CT molecular complexity index is 701. The Kier molecular flexibility index (Phi) is 5.37. The molecule has 0 radical (unpaired) electrons. The van der Waals surface area contributed by atoms with Crippen LogP contribution in [0.3, 0.4) is 0 Å². The lowest BCUT2D eigenvalue weighted by Gasteiger charge is -2.08. The predicted octanol–water partition coefficient (Wildman–Crippen LogP) is 3.93. The van der Waals surface area contributed by atoms with E-state index in [0.717, 1.165) is 17.0 Å². The van der Waals surface area contributed by atoms with Crippen LogP contribution in [-0.2, 0) is 4.79 Å². The highest BCUT2D eigenvalue weighted by Gasteiger charge is 2.11. The van der Waals surface area contributed by atoms with Gasteiger partial charge in [0.25, 0.3) is 0 Å². The maximum atomic E-state index is 13.5. The van der Waals surface area contributed by atoms with Crippen molar-refractivity contribution in [2.45, 2.75) is 25.9 Å². The largest absolute Gasteiger partial charge is 0.323 e. The number of halogens is 2. The van der Waals surface area contributed by atoms with E-state index in [1.807, 2.05) is 20.8 Å². The highest BCUT2D eigenvalue weighted by Crippen LogP contribution is 2.21. The normalized spacial score (nSPS) is 10.6. The molecule has 0 aliphatic carbocycles. The van der Waals surface area contributed by atoms with Crippen LogP contribution in [0.15, 0.2) is 23.4 Å². The molecule has 0 atom stereocenters. The lowest BCUT2D eigenvalue weighted by molar-refractivity contribution is -0.113. The van der Waals surface area contributed by atoms with Crippen molar-refractivity contribution in [3.63, 3.8) is 0 Å². The summed E-state index contributed by atoms with van der Waals surface area (Å²) in [5.74, 6) is -0.778. The first kappa shape index (κ1) is 16.7. The molecule has 0 fully saturated rings. The number of nitrogens with zero attached hydrogens (tertiary/aromatic N) is 2. The van der Waals surface area contributed by atoms with E-state index < -0.39 is 5.82 Å². The molecule has 7 heteroatoms. The SMILES string of the molecule is Cc1nc(SCC(=O)Nc2cc(Cl)ccc2F)nc(C)c1C. The minimum absolute atomic E-state index is 0.0651. The third kappa shape index (κ3) is 4.18. The zero-order chi connectivity index (χ0) is 16.3. The average molecular weight is 340 g/mol. The minimum Gasteiger partial charge on any atom is -0.323 e. The number of thioether (sulfide) groups is 1. The van der Waals surface area contributed by atoms with Gasteiger partial charge in [-0.2, -0.15) is 0 Å². The van der Waals surface area contributed by atoms with Gasteiger partial charge in [-0.15, -0.1) is 0 Å². The third-order valence-corrected chi connectivity index (χ3v) is 4.23. The Morgan fingerprint density at radius 2 is 1.91 bits per heavy atom.